The van der Waals surface area contributed by atoms with Crippen LogP contribution in [0.5, 0.6) is 0 Å². The fourth-order valence-corrected chi connectivity index (χ4v) is 4.93. The lowest BCUT2D eigenvalue weighted by atomic mass is 9.97. The normalized spacial score (nSPS) is 23.3. The maximum atomic E-state index is 13.3. The molecule has 0 aliphatic carbocycles. The van der Waals surface area contributed by atoms with Crippen molar-refractivity contribution in [2.24, 2.45) is 5.92 Å². The van der Waals surface area contributed by atoms with Gasteiger partial charge in [-0.25, -0.2) is 4.79 Å². The number of halogens is 3. The minimum absolute atomic E-state index is 0.190. The summed E-state index contributed by atoms with van der Waals surface area (Å²) in [4.78, 5) is 17.1. The molecule has 9 heteroatoms. The third-order valence-corrected chi connectivity index (χ3v) is 6.61. The number of carbonyl (C=O) groups excluding carboxylic acids is 1. The topological polar surface area (TPSA) is 56.8 Å². The van der Waals surface area contributed by atoms with E-state index in [4.69, 9.17) is 4.74 Å². The minimum Gasteiger partial charge on any atom is -0.381 e. The number of nitrogens with zero attached hydrogens (tertiary/aromatic N) is 2. The quantitative estimate of drug-likeness (QED) is 0.704. The number of likely N-dealkylation sites (tertiary alicyclic amines) is 1. The molecule has 2 atom stereocenters. The number of hydrogen-bond donors (Lipinski definition) is 2. The van der Waals surface area contributed by atoms with Crippen molar-refractivity contribution in [3.8, 4) is 0 Å². The number of amides is 2. The van der Waals surface area contributed by atoms with Gasteiger partial charge in [0, 0.05) is 38.2 Å². The summed E-state index contributed by atoms with van der Waals surface area (Å²) in [5, 5.41) is 5.61. The number of hydrogen-bond acceptors (Lipinski definition) is 4. The van der Waals surface area contributed by atoms with E-state index in [1.807, 2.05) is 4.90 Å². The number of alkyl halides is 3. The monoisotopic (exact) mass is 440 g/mol. The van der Waals surface area contributed by atoms with Gasteiger partial charge < -0.3 is 20.3 Å². The number of ether oxygens (including phenoxy) is 1. The molecule has 4 rings (SSSR count). The van der Waals surface area contributed by atoms with Crippen LogP contribution < -0.4 is 15.5 Å². The molecule has 3 fully saturated rings. The van der Waals surface area contributed by atoms with Crippen LogP contribution >= 0.6 is 0 Å². The SMILES string of the molecule is O=C(NCC(C1CCOC1)N1CCCC1)Nc1cc(C(F)(F)F)ccc1N1CCCC1. The largest absolute Gasteiger partial charge is 0.416 e. The highest BCUT2D eigenvalue weighted by Crippen LogP contribution is 2.36. The Bertz CT molecular complexity index is 740. The Hall–Kier alpha value is -2.00. The first-order chi connectivity index (χ1) is 14.9. The zero-order valence-corrected chi connectivity index (χ0v) is 17.7. The standard InChI is InChI=1S/C22H31F3N4O2/c23-22(24,25)17-5-6-19(28-8-1-2-9-28)18(13-17)27-21(30)26-14-20(16-7-12-31-15-16)29-10-3-4-11-29/h5-6,13,16,20H,1-4,7-12,14-15H2,(H2,26,27,30). The first kappa shape index (κ1) is 22.2. The zero-order valence-electron chi connectivity index (χ0n) is 17.7. The predicted molar refractivity (Wildman–Crippen MR) is 113 cm³/mol. The first-order valence-electron chi connectivity index (χ1n) is 11.2. The average Bonchev–Trinajstić information content (AvgIpc) is 3.50. The summed E-state index contributed by atoms with van der Waals surface area (Å²) in [6.45, 7) is 5.47. The Kier molecular flexibility index (Phi) is 6.91. The summed E-state index contributed by atoms with van der Waals surface area (Å²) in [5.41, 5.74) is 0.0841. The summed E-state index contributed by atoms with van der Waals surface area (Å²) < 4.78 is 45.3. The Morgan fingerprint density at radius 1 is 1.13 bits per heavy atom. The predicted octanol–water partition coefficient (Wildman–Crippen LogP) is 3.93. The van der Waals surface area contributed by atoms with E-state index in [9.17, 15) is 18.0 Å². The highest BCUT2D eigenvalue weighted by molar-refractivity contribution is 5.93. The van der Waals surface area contributed by atoms with Crippen LogP contribution in [0.4, 0.5) is 29.3 Å². The number of rotatable bonds is 6. The van der Waals surface area contributed by atoms with Crippen molar-refractivity contribution in [1.82, 2.24) is 10.2 Å². The minimum atomic E-state index is -4.46. The van der Waals surface area contributed by atoms with Gasteiger partial charge in [-0.1, -0.05) is 0 Å². The number of benzene rings is 1. The zero-order chi connectivity index (χ0) is 21.8. The molecule has 3 aliphatic heterocycles. The maximum absolute atomic E-state index is 13.3. The van der Waals surface area contributed by atoms with Crippen LogP contribution in [0, 0.1) is 5.92 Å². The average molecular weight is 441 g/mol. The van der Waals surface area contributed by atoms with Crippen molar-refractivity contribution in [2.45, 2.75) is 44.3 Å². The van der Waals surface area contributed by atoms with Crippen molar-refractivity contribution in [1.29, 1.82) is 0 Å². The number of nitrogens with one attached hydrogen (secondary N) is 2. The second-order valence-electron chi connectivity index (χ2n) is 8.69. The van der Waals surface area contributed by atoms with Gasteiger partial charge in [0.25, 0.3) is 0 Å². The molecule has 172 valence electrons. The number of urea groups is 1. The Morgan fingerprint density at radius 3 is 2.48 bits per heavy atom. The van der Waals surface area contributed by atoms with Crippen LogP contribution in [0.15, 0.2) is 18.2 Å². The van der Waals surface area contributed by atoms with Crippen LogP contribution in [-0.2, 0) is 10.9 Å². The van der Waals surface area contributed by atoms with Gasteiger partial charge in [-0.15, -0.1) is 0 Å². The van der Waals surface area contributed by atoms with Crippen LogP contribution in [0.25, 0.3) is 0 Å². The van der Waals surface area contributed by atoms with Gasteiger partial charge in [-0.05, 0) is 63.4 Å². The van der Waals surface area contributed by atoms with Crippen LogP contribution in [0.2, 0.25) is 0 Å². The van der Waals surface area contributed by atoms with Gasteiger partial charge in [0.2, 0.25) is 0 Å². The third kappa shape index (κ3) is 5.44. The lowest BCUT2D eigenvalue weighted by Crippen LogP contribution is -2.48. The molecule has 3 heterocycles. The molecule has 1 aromatic rings. The smallest absolute Gasteiger partial charge is 0.381 e. The molecule has 0 spiro atoms. The van der Waals surface area contributed by atoms with Crippen LogP contribution in [-0.4, -0.2) is 62.9 Å². The molecule has 2 unspecified atom stereocenters. The van der Waals surface area contributed by atoms with Crippen molar-refractivity contribution in [3.63, 3.8) is 0 Å². The fourth-order valence-electron chi connectivity index (χ4n) is 4.93. The van der Waals surface area contributed by atoms with Gasteiger partial charge in [0.15, 0.2) is 0 Å². The molecule has 0 radical (unpaired) electrons. The van der Waals surface area contributed by atoms with Crippen molar-refractivity contribution in [3.05, 3.63) is 23.8 Å². The molecular formula is C22H31F3N4O2. The fraction of sp³-hybridized carbons (Fsp3) is 0.682. The summed E-state index contributed by atoms with van der Waals surface area (Å²) in [6, 6.07) is 3.31. The molecule has 2 N–H and O–H groups in total. The number of carbonyl (C=O) groups is 1. The molecule has 3 aliphatic rings. The Morgan fingerprint density at radius 2 is 1.84 bits per heavy atom. The van der Waals surface area contributed by atoms with Crippen molar-refractivity contribution >= 4 is 17.4 Å². The van der Waals surface area contributed by atoms with E-state index in [0.717, 1.165) is 77.0 Å². The molecule has 6 nitrogen and oxygen atoms in total. The van der Waals surface area contributed by atoms with Gasteiger partial charge in [-0.2, -0.15) is 13.2 Å². The van der Waals surface area contributed by atoms with E-state index in [2.05, 4.69) is 15.5 Å². The molecule has 0 bridgehead atoms. The van der Waals surface area contributed by atoms with E-state index in [1.54, 1.807) is 0 Å². The number of anilines is 2. The van der Waals surface area contributed by atoms with Gasteiger partial charge in [-0.3, -0.25) is 4.90 Å². The van der Waals surface area contributed by atoms with E-state index >= 15 is 0 Å². The highest BCUT2D eigenvalue weighted by atomic mass is 19.4. The van der Waals surface area contributed by atoms with Gasteiger partial charge in [0.1, 0.15) is 0 Å². The first-order valence-corrected chi connectivity index (χ1v) is 11.2. The summed E-state index contributed by atoms with van der Waals surface area (Å²) in [7, 11) is 0. The maximum Gasteiger partial charge on any atom is 0.416 e. The molecule has 0 aromatic heterocycles. The highest BCUT2D eigenvalue weighted by Gasteiger charge is 2.33. The second-order valence-corrected chi connectivity index (χ2v) is 8.69. The summed E-state index contributed by atoms with van der Waals surface area (Å²) >= 11 is 0. The lowest BCUT2D eigenvalue weighted by Gasteiger charge is -2.32. The van der Waals surface area contributed by atoms with Gasteiger partial charge >= 0.3 is 12.2 Å². The molecule has 1 aromatic carbocycles. The lowest BCUT2D eigenvalue weighted by molar-refractivity contribution is -0.137. The Balaban J connectivity index is 1.45. The molecule has 31 heavy (non-hydrogen) atoms. The van der Waals surface area contributed by atoms with E-state index in [0.29, 0.717) is 24.8 Å². The van der Waals surface area contributed by atoms with E-state index in [1.165, 1.54) is 6.07 Å². The van der Waals surface area contributed by atoms with Gasteiger partial charge in [0.05, 0.1) is 23.5 Å². The van der Waals surface area contributed by atoms with Crippen molar-refractivity contribution < 1.29 is 22.7 Å². The molecule has 0 saturated carbocycles. The second kappa shape index (κ2) is 9.65. The summed E-state index contributed by atoms with van der Waals surface area (Å²) in [5.74, 6) is 0.368. The Labute approximate surface area is 181 Å². The third-order valence-electron chi connectivity index (χ3n) is 6.61. The van der Waals surface area contributed by atoms with E-state index in [-0.39, 0.29) is 11.7 Å². The molecule has 2 amide bonds. The van der Waals surface area contributed by atoms with Crippen LogP contribution in [0.1, 0.15) is 37.7 Å². The molecule has 3 saturated heterocycles. The van der Waals surface area contributed by atoms with Crippen molar-refractivity contribution in [2.75, 3.05) is 56.2 Å². The van der Waals surface area contributed by atoms with Crippen LogP contribution in [0.3, 0.4) is 0 Å². The molecular weight excluding hydrogens is 409 g/mol. The summed E-state index contributed by atoms with van der Waals surface area (Å²) in [6.07, 6.45) is 0.803. The van der Waals surface area contributed by atoms with E-state index < -0.39 is 17.8 Å².